The van der Waals surface area contributed by atoms with Gasteiger partial charge < -0.3 is 24.8 Å². The Balaban J connectivity index is 1.34. The molecule has 2 unspecified atom stereocenters. The van der Waals surface area contributed by atoms with Crippen LogP contribution in [0.3, 0.4) is 0 Å². The Morgan fingerprint density at radius 1 is 0.714 bits per heavy atom. The highest BCUT2D eigenvalue weighted by molar-refractivity contribution is 6.31. The summed E-state index contributed by atoms with van der Waals surface area (Å²) in [5, 5.41) is 3.16. The van der Waals surface area contributed by atoms with Crippen molar-refractivity contribution in [3.05, 3.63) is 106 Å². The normalized spacial score (nSPS) is 19.3. The Morgan fingerprint density at radius 3 is 1.81 bits per heavy atom. The SMILES string of the molecule is CC(C)[C@@H](C(=O)N[C@@H](CC(=O)OC(c1ccccc1)(c1ccc(C2CCCCCCCCC2)cc1)c1ccccc1Cl)C(=O)N1CCCC1)N(C)C(=O)C(C)(CC1CCCCC1)N(C)C(=O)C(F)(F)F. The Kier molecular flexibility index (Phi) is 19.0. The second-order valence-corrected chi connectivity index (χ2v) is 21.0. The van der Waals surface area contributed by atoms with Crippen LogP contribution in [0.15, 0.2) is 78.9 Å². The van der Waals surface area contributed by atoms with Crippen molar-refractivity contribution in [2.45, 2.75) is 172 Å². The molecule has 2 aliphatic carbocycles. The number of nitrogens with zero attached hydrogens (tertiary/aromatic N) is 3. The molecule has 3 aromatic carbocycles. The maximum absolute atomic E-state index is 15.0. The number of hydrogen-bond donors (Lipinski definition) is 1. The van der Waals surface area contributed by atoms with Crippen LogP contribution in [0, 0.1) is 11.8 Å². The molecule has 70 heavy (non-hydrogen) atoms. The van der Waals surface area contributed by atoms with Crippen LogP contribution in [0.1, 0.15) is 165 Å². The lowest BCUT2D eigenvalue weighted by molar-refractivity contribution is -0.192. The van der Waals surface area contributed by atoms with Crippen molar-refractivity contribution in [3.63, 3.8) is 0 Å². The molecule has 3 aliphatic rings. The summed E-state index contributed by atoms with van der Waals surface area (Å²) >= 11 is 7.06. The van der Waals surface area contributed by atoms with Crippen LogP contribution in [-0.4, -0.2) is 95.3 Å². The molecule has 0 bridgehead atoms. The van der Waals surface area contributed by atoms with Crippen molar-refractivity contribution >= 4 is 41.2 Å². The van der Waals surface area contributed by atoms with E-state index in [0.717, 1.165) is 69.7 Å². The fraction of sp³-hybridized carbons (Fsp3) is 0.589. The van der Waals surface area contributed by atoms with E-state index >= 15 is 0 Å². The second-order valence-electron chi connectivity index (χ2n) is 20.6. The number of nitrogens with one attached hydrogen (secondary N) is 1. The Hall–Kier alpha value is -4.91. The summed E-state index contributed by atoms with van der Waals surface area (Å²) in [6.07, 6.45) is 10.4. The lowest BCUT2D eigenvalue weighted by Crippen LogP contribution is -2.64. The zero-order chi connectivity index (χ0) is 50.6. The monoisotopic (exact) mass is 991 g/mol. The fourth-order valence-corrected chi connectivity index (χ4v) is 11.6. The molecule has 14 heteroatoms. The molecular weight excluding hydrogens is 917 g/mol. The average molecular weight is 992 g/mol. The summed E-state index contributed by atoms with van der Waals surface area (Å²) in [6, 6.07) is 21.9. The van der Waals surface area contributed by atoms with E-state index in [1.54, 1.807) is 30.9 Å². The lowest BCUT2D eigenvalue weighted by Gasteiger charge is -2.44. The number of hydrogen-bond acceptors (Lipinski definition) is 6. The summed E-state index contributed by atoms with van der Waals surface area (Å²) in [6.45, 7) is 5.52. The van der Waals surface area contributed by atoms with Crippen molar-refractivity contribution in [2.24, 2.45) is 11.8 Å². The number of rotatable bonds is 16. The lowest BCUT2D eigenvalue weighted by atomic mass is 9.78. The van der Waals surface area contributed by atoms with Gasteiger partial charge >= 0.3 is 18.1 Å². The second kappa shape index (κ2) is 24.5. The van der Waals surface area contributed by atoms with Gasteiger partial charge in [0.05, 0.1) is 6.42 Å². The molecule has 3 fully saturated rings. The first kappa shape index (κ1) is 54.4. The maximum Gasteiger partial charge on any atom is 0.471 e. The van der Waals surface area contributed by atoms with E-state index in [0.29, 0.717) is 58.5 Å². The molecule has 1 heterocycles. The molecule has 0 aromatic heterocycles. The molecule has 2 saturated carbocycles. The maximum atomic E-state index is 15.0. The highest BCUT2D eigenvalue weighted by atomic mass is 35.5. The van der Waals surface area contributed by atoms with Crippen molar-refractivity contribution in [2.75, 3.05) is 27.2 Å². The molecule has 1 N–H and O–H groups in total. The minimum absolute atomic E-state index is 0.0270. The number of benzene rings is 3. The van der Waals surface area contributed by atoms with Crippen molar-refractivity contribution in [1.82, 2.24) is 20.0 Å². The number of carbonyl (C=O) groups is 5. The van der Waals surface area contributed by atoms with Gasteiger partial charge in [-0.3, -0.25) is 24.0 Å². The highest BCUT2D eigenvalue weighted by Gasteiger charge is 2.53. The third-order valence-corrected chi connectivity index (χ3v) is 15.6. The number of esters is 1. The van der Waals surface area contributed by atoms with Crippen LogP contribution in [0.2, 0.25) is 5.02 Å². The Bertz CT molecular complexity index is 2220. The van der Waals surface area contributed by atoms with Crippen molar-refractivity contribution in [3.8, 4) is 0 Å². The summed E-state index contributed by atoms with van der Waals surface area (Å²) < 4.78 is 48.9. The summed E-state index contributed by atoms with van der Waals surface area (Å²) in [4.78, 5) is 74.9. The van der Waals surface area contributed by atoms with E-state index in [2.05, 4.69) is 17.4 Å². The van der Waals surface area contributed by atoms with Crippen LogP contribution >= 0.6 is 11.6 Å². The smallest absolute Gasteiger partial charge is 0.444 e. The van der Waals surface area contributed by atoms with Crippen LogP contribution in [0.4, 0.5) is 13.2 Å². The fourth-order valence-electron chi connectivity index (χ4n) is 11.4. The van der Waals surface area contributed by atoms with E-state index in [4.69, 9.17) is 16.3 Å². The van der Waals surface area contributed by atoms with Gasteiger partial charge in [0.1, 0.15) is 17.6 Å². The average Bonchev–Trinajstić information content (AvgIpc) is 3.90. The topological polar surface area (TPSA) is 116 Å². The molecule has 3 aromatic rings. The van der Waals surface area contributed by atoms with E-state index in [9.17, 15) is 37.1 Å². The molecule has 0 radical (unpaired) electrons. The van der Waals surface area contributed by atoms with Crippen LogP contribution in [0.25, 0.3) is 0 Å². The van der Waals surface area contributed by atoms with E-state index < -0.39 is 71.3 Å². The third kappa shape index (κ3) is 12.9. The molecule has 1 aliphatic heterocycles. The number of likely N-dealkylation sites (tertiary alicyclic amines) is 1. The molecule has 1 saturated heterocycles. The van der Waals surface area contributed by atoms with Gasteiger partial charge in [-0.1, -0.05) is 175 Å². The van der Waals surface area contributed by atoms with E-state index in [1.807, 2.05) is 54.6 Å². The number of amides is 4. The third-order valence-electron chi connectivity index (χ3n) is 15.3. The Morgan fingerprint density at radius 2 is 1.24 bits per heavy atom. The summed E-state index contributed by atoms with van der Waals surface area (Å²) in [7, 11) is 2.32. The largest absolute Gasteiger partial charge is 0.471 e. The number of halogens is 4. The van der Waals surface area contributed by atoms with Crippen LogP contribution < -0.4 is 5.32 Å². The van der Waals surface area contributed by atoms with Gasteiger partial charge in [-0.05, 0) is 68.4 Å². The van der Waals surface area contributed by atoms with Crippen molar-refractivity contribution in [1.29, 1.82) is 0 Å². The quantitative estimate of drug-likeness (QED) is 0.113. The summed E-state index contributed by atoms with van der Waals surface area (Å²) in [5.74, 6) is -5.44. The molecule has 0 spiro atoms. The molecular formula is C56H74ClF3N4O6. The van der Waals surface area contributed by atoms with Crippen LogP contribution in [0.5, 0.6) is 0 Å². The Labute approximate surface area is 418 Å². The molecule has 6 rings (SSSR count). The number of ether oxygens (including phenoxy) is 1. The number of likely N-dealkylation sites (N-methyl/N-ethyl adjacent to an activating group) is 2. The first-order valence-corrected chi connectivity index (χ1v) is 26.1. The predicted octanol–water partition coefficient (Wildman–Crippen LogP) is 11.5. The van der Waals surface area contributed by atoms with Gasteiger partial charge in [0.2, 0.25) is 17.7 Å². The van der Waals surface area contributed by atoms with Gasteiger partial charge in [0.25, 0.3) is 0 Å². The predicted molar refractivity (Wildman–Crippen MR) is 267 cm³/mol. The van der Waals surface area contributed by atoms with Gasteiger partial charge in [-0.25, -0.2) is 0 Å². The van der Waals surface area contributed by atoms with Gasteiger partial charge in [-0.15, -0.1) is 0 Å². The zero-order valence-electron chi connectivity index (χ0n) is 41.8. The standard InChI is InChI=1S/C56H74ClF3N4O6/c1-39(2)49(62(4)52(68)54(3,38-40-23-13-11-14-24-40)63(5)53(69)56(58,59)60)50(66)61-47(51(67)64-35-21-22-36-64)37-48(65)70-55(43-27-17-12-18-28-43,45-29-19-20-30-46(45)57)44-33-31-42(32-34-44)41-25-15-9-7-6-8-10-16-26-41/h12,17-20,27-34,39-41,47,49H,6-11,13-16,21-26,35-38H2,1-5H3,(H,61,66)/t47-,49-,54?,55?/m0/s1. The summed E-state index contributed by atoms with van der Waals surface area (Å²) in [5.41, 5.74) is -0.602. The first-order valence-electron chi connectivity index (χ1n) is 25.7. The number of alkyl halides is 3. The molecule has 10 nitrogen and oxygen atoms in total. The molecule has 4 atom stereocenters. The van der Waals surface area contributed by atoms with E-state index in [-0.39, 0.29) is 12.3 Å². The van der Waals surface area contributed by atoms with Gasteiger partial charge in [0.15, 0.2) is 5.60 Å². The number of carbonyl (C=O) groups excluding carboxylic acids is 5. The first-order chi connectivity index (χ1) is 33.4. The highest BCUT2D eigenvalue weighted by Crippen LogP contribution is 2.45. The van der Waals surface area contributed by atoms with Gasteiger partial charge in [-0.2, -0.15) is 13.2 Å². The van der Waals surface area contributed by atoms with Gasteiger partial charge in [0, 0.05) is 48.9 Å². The minimum atomic E-state index is -5.24. The van der Waals surface area contributed by atoms with Crippen LogP contribution in [-0.2, 0) is 34.3 Å². The minimum Gasteiger partial charge on any atom is -0.444 e. The van der Waals surface area contributed by atoms with Crippen molar-refractivity contribution < 1.29 is 41.9 Å². The molecule has 382 valence electrons. The molecule has 4 amide bonds. The zero-order valence-corrected chi connectivity index (χ0v) is 42.6. The van der Waals surface area contributed by atoms with E-state index in [1.165, 1.54) is 51.6 Å².